The largest absolute Gasteiger partial charge is 0.497 e. The van der Waals surface area contributed by atoms with Gasteiger partial charge in [0.2, 0.25) is 9.84 Å². The van der Waals surface area contributed by atoms with Crippen molar-refractivity contribution in [3.63, 3.8) is 0 Å². The van der Waals surface area contributed by atoms with E-state index in [1.807, 2.05) is 18.2 Å². The second-order valence-electron chi connectivity index (χ2n) is 7.73. The van der Waals surface area contributed by atoms with Crippen molar-refractivity contribution in [2.45, 2.75) is 29.6 Å². The summed E-state index contributed by atoms with van der Waals surface area (Å²) >= 11 is 0. The van der Waals surface area contributed by atoms with Gasteiger partial charge in [0, 0.05) is 24.7 Å². The number of rotatable bonds is 5. The third-order valence-corrected chi connectivity index (χ3v) is 7.42. The van der Waals surface area contributed by atoms with Gasteiger partial charge in [0.05, 0.1) is 30.3 Å². The van der Waals surface area contributed by atoms with Crippen molar-refractivity contribution in [2.75, 3.05) is 32.2 Å². The molecule has 4 rings (SSSR count). The summed E-state index contributed by atoms with van der Waals surface area (Å²) in [5.74, 6) is 1.78. The minimum absolute atomic E-state index is 0.221. The molecule has 0 radical (unpaired) electrons. The molecule has 0 amide bonds. The average Bonchev–Trinajstić information content (AvgIpc) is 2.77. The van der Waals surface area contributed by atoms with Crippen LogP contribution >= 0.6 is 0 Å². The number of piperidine rings is 1. The Bertz CT molecular complexity index is 1160. The molecule has 0 aliphatic carbocycles. The summed E-state index contributed by atoms with van der Waals surface area (Å²) in [5, 5.41) is 0.790. The predicted molar refractivity (Wildman–Crippen MR) is 117 cm³/mol. The van der Waals surface area contributed by atoms with Gasteiger partial charge in [-0.05, 0) is 61.2 Å². The van der Waals surface area contributed by atoms with E-state index >= 15 is 0 Å². The minimum Gasteiger partial charge on any atom is -0.497 e. The normalized spacial score (nSPS) is 17.2. The molecule has 30 heavy (non-hydrogen) atoms. The lowest BCUT2D eigenvalue weighted by Crippen LogP contribution is -2.35. The highest BCUT2D eigenvalue weighted by molar-refractivity contribution is 7.91. The molecule has 1 fully saturated rings. The smallest absolute Gasteiger partial charge is 0.210 e. The maximum Gasteiger partial charge on any atom is 0.210 e. The number of nitrogens with zero attached hydrogens (tertiary/aromatic N) is 2. The van der Waals surface area contributed by atoms with Crippen molar-refractivity contribution in [2.24, 2.45) is 5.92 Å². The summed E-state index contributed by atoms with van der Waals surface area (Å²) in [6.45, 7) is 3.82. The Hall–Kier alpha value is -2.80. The number of aromatic nitrogens is 1. The van der Waals surface area contributed by atoms with Crippen LogP contribution in [-0.4, -0.2) is 40.7 Å². The van der Waals surface area contributed by atoms with Crippen LogP contribution in [0.4, 0.5) is 5.69 Å². The Morgan fingerprint density at radius 2 is 1.73 bits per heavy atom. The van der Waals surface area contributed by atoms with Crippen molar-refractivity contribution < 1.29 is 17.9 Å². The summed E-state index contributed by atoms with van der Waals surface area (Å²) in [6.07, 6.45) is 3.66. The van der Waals surface area contributed by atoms with Gasteiger partial charge in [-0.3, -0.25) is 4.98 Å². The van der Waals surface area contributed by atoms with Crippen LogP contribution in [0, 0.1) is 5.92 Å². The zero-order chi connectivity index (χ0) is 21.3. The molecule has 0 bridgehead atoms. The SMILES string of the molecule is COc1ccc(S(=O)(=O)c2cnc3ccc(OC)cc3c2N2CCC[C@@H](C)C2)cc1. The Kier molecular flexibility index (Phi) is 5.56. The first-order valence-corrected chi connectivity index (χ1v) is 11.5. The molecule has 1 aliphatic rings. The maximum absolute atomic E-state index is 13.6. The molecule has 6 nitrogen and oxygen atoms in total. The highest BCUT2D eigenvalue weighted by Gasteiger charge is 2.29. The van der Waals surface area contributed by atoms with Gasteiger partial charge in [-0.1, -0.05) is 6.92 Å². The predicted octanol–water partition coefficient (Wildman–Crippen LogP) is 4.32. The topological polar surface area (TPSA) is 68.7 Å². The second-order valence-corrected chi connectivity index (χ2v) is 9.64. The zero-order valence-corrected chi connectivity index (χ0v) is 18.3. The number of sulfone groups is 1. The summed E-state index contributed by atoms with van der Waals surface area (Å²) < 4.78 is 37.9. The van der Waals surface area contributed by atoms with E-state index in [9.17, 15) is 8.42 Å². The van der Waals surface area contributed by atoms with E-state index in [2.05, 4.69) is 16.8 Å². The van der Waals surface area contributed by atoms with Crippen LogP contribution in [0.25, 0.3) is 10.9 Å². The standard InChI is InChI=1S/C23H26N2O4S/c1-16-5-4-12-25(15-16)23-20-13-18(29-3)8-11-21(20)24-14-22(23)30(26,27)19-9-6-17(28-2)7-10-19/h6-11,13-14,16H,4-5,12,15H2,1-3H3/t16-/m1/s1. The Morgan fingerprint density at radius 1 is 1.03 bits per heavy atom. The quantitative estimate of drug-likeness (QED) is 0.605. The van der Waals surface area contributed by atoms with E-state index < -0.39 is 9.84 Å². The summed E-state index contributed by atoms with van der Waals surface area (Å²) in [6, 6.07) is 12.1. The molecule has 0 unspecified atom stereocenters. The van der Waals surface area contributed by atoms with E-state index in [1.165, 1.54) is 6.20 Å². The van der Waals surface area contributed by atoms with Gasteiger partial charge in [0.25, 0.3) is 0 Å². The molecule has 0 spiro atoms. The zero-order valence-electron chi connectivity index (χ0n) is 17.5. The minimum atomic E-state index is -3.77. The number of hydrogen-bond acceptors (Lipinski definition) is 6. The molecule has 1 saturated heterocycles. The fraction of sp³-hybridized carbons (Fsp3) is 0.348. The number of benzene rings is 2. The highest BCUT2D eigenvalue weighted by Crippen LogP contribution is 2.39. The van der Waals surface area contributed by atoms with Crippen molar-refractivity contribution in [1.29, 1.82) is 0 Å². The second kappa shape index (κ2) is 8.14. The molecule has 158 valence electrons. The molecule has 0 saturated carbocycles. The first-order valence-electron chi connectivity index (χ1n) is 10.0. The lowest BCUT2D eigenvalue weighted by Gasteiger charge is -2.34. The van der Waals surface area contributed by atoms with Gasteiger partial charge in [0.1, 0.15) is 16.4 Å². The number of methoxy groups -OCH3 is 2. The molecule has 3 aromatic rings. The summed E-state index contributed by atoms with van der Waals surface area (Å²) in [5.41, 5.74) is 1.46. The van der Waals surface area contributed by atoms with Gasteiger partial charge in [-0.25, -0.2) is 8.42 Å². The van der Waals surface area contributed by atoms with E-state index in [0.717, 1.165) is 36.8 Å². The van der Waals surface area contributed by atoms with Crippen molar-refractivity contribution in [1.82, 2.24) is 4.98 Å². The van der Waals surface area contributed by atoms with Crippen LogP contribution in [0.2, 0.25) is 0 Å². The molecule has 2 aromatic carbocycles. The Morgan fingerprint density at radius 3 is 2.40 bits per heavy atom. The third kappa shape index (κ3) is 3.69. The van der Waals surface area contributed by atoms with Crippen molar-refractivity contribution >= 4 is 26.4 Å². The van der Waals surface area contributed by atoms with Crippen LogP contribution < -0.4 is 14.4 Å². The molecule has 2 heterocycles. The van der Waals surface area contributed by atoms with Gasteiger partial charge in [-0.15, -0.1) is 0 Å². The van der Waals surface area contributed by atoms with Gasteiger partial charge < -0.3 is 14.4 Å². The van der Waals surface area contributed by atoms with E-state index in [4.69, 9.17) is 9.47 Å². The molecule has 1 aliphatic heterocycles. The third-order valence-electron chi connectivity index (χ3n) is 5.65. The first-order chi connectivity index (χ1) is 14.4. The number of anilines is 1. The molecule has 1 atom stereocenters. The Labute approximate surface area is 177 Å². The maximum atomic E-state index is 13.6. The first kappa shape index (κ1) is 20.5. The van der Waals surface area contributed by atoms with Gasteiger partial charge in [0.15, 0.2) is 0 Å². The van der Waals surface area contributed by atoms with Crippen LogP contribution in [0.1, 0.15) is 19.8 Å². The van der Waals surface area contributed by atoms with Crippen LogP contribution in [0.3, 0.4) is 0 Å². The molecular weight excluding hydrogens is 400 g/mol. The summed E-state index contributed by atoms with van der Waals surface area (Å²) in [4.78, 5) is 7.10. The van der Waals surface area contributed by atoms with Crippen molar-refractivity contribution in [3.8, 4) is 11.5 Å². The average molecular weight is 427 g/mol. The monoisotopic (exact) mass is 426 g/mol. The molecule has 7 heteroatoms. The van der Waals surface area contributed by atoms with E-state index in [0.29, 0.717) is 23.1 Å². The molecule has 0 N–H and O–H groups in total. The number of hydrogen-bond donors (Lipinski definition) is 0. The van der Waals surface area contributed by atoms with Gasteiger partial charge >= 0.3 is 0 Å². The van der Waals surface area contributed by atoms with Crippen LogP contribution in [-0.2, 0) is 9.84 Å². The summed E-state index contributed by atoms with van der Waals surface area (Å²) in [7, 11) is -0.611. The van der Waals surface area contributed by atoms with Crippen LogP contribution in [0.5, 0.6) is 11.5 Å². The lowest BCUT2D eigenvalue weighted by atomic mass is 9.99. The van der Waals surface area contributed by atoms with Crippen LogP contribution in [0.15, 0.2) is 58.5 Å². The Balaban J connectivity index is 1.94. The highest BCUT2D eigenvalue weighted by atomic mass is 32.2. The number of ether oxygens (including phenoxy) is 2. The number of fused-ring (bicyclic) bond motifs is 1. The van der Waals surface area contributed by atoms with Gasteiger partial charge in [-0.2, -0.15) is 0 Å². The fourth-order valence-corrected chi connectivity index (χ4v) is 5.50. The number of pyridine rings is 1. The van der Waals surface area contributed by atoms with E-state index in [1.54, 1.807) is 38.5 Å². The van der Waals surface area contributed by atoms with E-state index in [-0.39, 0.29) is 9.79 Å². The molecule has 1 aromatic heterocycles. The lowest BCUT2D eigenvalue weighted by molar-refractivity contribution is 0.414. The van der Waals surface area contributed by atoms with Crippen molar-refractivity contribution in [3.05, 3.63) is 48.7 Å². The fourth-order valence-electron chi connectivity index (χ4n) is 4.06. The molecular formula is C23H26N2O4S.